The van der Waals surface area contributed by atoms with E-state index in [2.05, 4.69) is 9.47 Å². The molecule has 0 bridgehead atoms. The maximum absolute atomic E-state index is 12.4. The molecule has 3 rings (SSSR count). The molecule has 1 aromatic heterocycles. The predicted molar refractivity (Wildman–Crippen MR) is 98.0 cm³/mol. The standard InChI is InChI=1S/C20H19F3N2O2/c1-24(2)9-10-25-16-6-4-3-5-14(16)15-11-13(7-8-17(15)25)18(26)12-19(27)20(21,22)23/h3-8,11H,9-10,12H2,1-2H3. The number of carbonyl (C=O) groups is 2. The summed E-state index contributed by atoms with van der Waals surface area (Å²) in [4.78, 5) is 25.3. The van der Waals surface area contributed by atoms with Crippen LogP contribution in [0.3, 0.4) is 0 Å². The average molecular weight is 376 g/mol. The van der Waals surface area contributed by atoms with E-state index in [1.807, 2.05) is 38.4 Å². The van der Waals surface area contributed by atoms with Gasteiger partial charge < -0.3 is 9.47 Å². The predicted octanol–water partition coefficient (Wildman–Crippen LogP) is 4.06. The van der Waals surface area contributed by atoms with Crippen LogP contribution >= 0.6 is 0 Å². The molecule has 2 aromatic carbocycles. The molecule has 0 saturated carbocycles. The number of para-hydroxylation sites is 1. The molecule has 0 amide bonds. The Morgan fingerprint density at radius 1 is 1.00 bits per heavy atom. The number of halogens is 3. The number of hydrogen-bond donors (Lipinski definition) is 0. The zero-order valence-electron chi connectivity index (χ0n) is 15.0. The number of benzene rings is 2. The van der Waals surface area contributed by atoms with E-state index in [1.54, 1.807) is 12.1 Å². The number of hydrogen-bond acceptors (Lipinski definition) is 3. The molecule has 0 unspecified atom stereocenters. The maximum Gasteiger partial charge on any atom is 0.450 e. The van der Waals surface area contributed by atoms with Gasteiger partial charge in [0.05, 0.1) is 6.42 Å². The van der Waals surface area contributed by atoms with Crippen molar-refractivity contribution in [3.8, 4) is 0 Å². The molecular formula is C20H19F3N2O2. The molecule has 0 aliphatic heterocycles. The lowest BCUT2D eigenvalue weighted by molar-refractivity contribution is -0.170. The third-order valence-electron chi connectivity index (χ3n) is 4.50. The van der Waals surface area contributed by atoms with Crippen molar-refractivity contribution in [2.24, 2.45) is 0 Å². The zero-order chi connectivity index (χ0) is 19.8. The number of alkyl halides is 3. The summed E-state index contributed by atoms with van der Waals surface area (Å²) in [6, 6.07) is 12.5. The van der Waals surface area contributed by atoms with Crippen molar-refractivity contribution in [3.63, 3.8) is 0 Å². The molecule has 0 atom stereocenters. The molecular weight excluding hydrogens is 357 g/mol. The van der Waals surface area contributed by atoms with Gasteiger partial charge in [-0.3, -0.25) is 9.59 Å². The minimum atomic E-state index is -5.00. The minimum Gasteiger partial charge on any atom is -0.339 e. The van der Waals surface area contributed by atoms with Crippen LogP contribution in [-0.2, 0) is 11.3 Å². The van der Waals surface area contributed by atoms with Crippen LogP contribution in [0, 0.1) is 0 Å². The molecule has 3 aromatic rings. The summed E-state index contributed by atoms with van der Waals surface area (Å²) in [6.45, 7) is 1.55. The van der Waals surface area contributed by atoms with Gasteiger partial charge >= 0.3 is 6.18 Å². The summed E-state index contributed by atoms with van der Waals surface area (Å²) in [5.74, 6) is -2.86. The molecule has 0 aliphatic rings. The van der Waals surface area contributed by atoms with E-state index in [1.165, 1.54) is 6.07 Å². The summed E-state index contributed by atoms with van der Waals surface area (Å²) in [5.41, 5.74) is 2.00. The normalized spacial score (nSPS) is 12.2. The number of aromatic nitrogens is 1. The van der Waals surface area contributed by atoms with Gasteiger partial charge in [-0.15, -0.1) is 0 Å². The smallest absolute Gasteiger partial charge is 0.339 e. The van der Waals surface area contributed by atoms with E-state index in [0.717, 1.165) is 34.9 Å². The highest BCUT2D eigenvalue weighted by molar-refractivity contribution is 6.14. The van der Waals surface area contributed by atoms with Gasteiger partial charge in [0.15, 0.2) is 5.78 Å². The van der Waals surface area contributed by atoms with Crippen molar-refractivity contribution in [1.82, 2.24) is 9.47 Å². The Labute approximate surface area is 154 Å². The SMILES string of the molecule is CN(C)CCn1c2ccccc2c2cc(C(=O)CC(=O)C(F)(F)F)ccc21. The molecule has 4 nitrogen and oxygen atoms in total. The average Bonchev–Trinajstić information content (AvgIpc) is 2.92. The quantitative estimate of drug-likeness (QED) is 0.481. The molecule has 0 spiro atoms. The van der Waals surface area contributed by atoms with Crippen LogP contribution in [-0.4, -0.2) is 47.8 Å². The molecule has 0 radical (unpaired) electrons. The van der Waals surface area contributed by atoms with Gasteiger partial charge in [-0.05, 0) is 38.4 Å². The van der Waals surface area contributed by atoms with Crippen molar-refractivity contribution in [1.29, 1.82) is 0 Å². The summed E-state index contributed by atoms with van der Waals surface area (Å²) < 4.78 is 39.4. The van der Waals surface area contributed by atoms with Crippen molar-refractivity contribution >= 4 is 33.4 Å². The second kappa shape index (κ2) is 7.15. The van der Waals surface area contributed by atoms with Crippen molar-refractivity contribution < 1.29 is 22.8 Å². The minimum absolute atomic E-state index is 0.107. The van der Waals surface area contributed by atoms with E-state index in [0.29, 0.717) is 0 Å². The fourth-order valence-electron chi connectivity index (χ4n) is 3.12. The third kappa shape index (κ3) is 3.88. The summed E-state index contributed by atoms with van der Waals surface area (Å²) in [6.07, 6.45) is -6.17. The lowest BCUT2D eigenvalue weighted by Gasteiger charge is -2.12. The highest BCUT2D eigenvalue weighted by Gasteiger charge is 2.39. The number of likely N-dealkylation sites (N-methyl/N-ethyl adjacent to an activating group) is 1. The Kier molecular flexibility index (Phi) is 5.06. The number of ketones is 2. The lowest BCUT2D eigenvalue weighted by Crippen LogP contribution is -2.25. The van der Waals surface area contributed by atoms with E-state index in [4.69, 9.17) is 0 Å². The zero-order valence-corrected chi connectivity index (χ0v) is 15.0. The Morgan fingerprint density at radius 2 is 1.67 bits per heavy atom. The molecule has 0 aliphatic carbocycles. The van der Waals surface area contributed by atoms with Crippen LogP contribution in [0.25, 0.3) is 21.8 Å². The fourth-order valence-corrected chi connectivity index (χ4v) is 3.12. The summed E-state index contributed by atoms with van der Waals surface area (Å²) in [5, 5.41) is 1.71. The molecule has 0 saturated heterocycles. The maximum atomic E-state index is 12.4. The van der Waals surface area contributed by atoms with Gasteiger partial charge in [-0.1, -0.05) is 18.2 Å². The van der Waals surface area contributed by atoms with Crippen LogP contribution in [0.15, 0.2) is 42.5 Å². The number of fused-ring (bicyclic) bond motifs is 3. The molecule has 1 heterocycles. The third-order valence-corrected chi connectivity index (χ3v) is 4.50. The second-order valence-corrected chi connectivity index (χ2v) is 6.72. The van der Waals surface area contributed by atoms with Crippen LogP contribution < -0.4 is 0 Å². The Morgan fingerprint density at radius 3 is 2.33 bits per heavy atom. The monoisotopic (exact) mass is 376 g/mol. The van der Waals surface area contributed by atoms with Gasteiger partial charge in [0.1, 0.15) is 0 Å². The summed E-state index contributed by atoms with van der Waals surface area (Å²) >= 11 is 0. The molecule has 142 valence electrons. The van der Waals surface area contributed by atoms with Gasteiger partial charge in [-0.2, -0.15) is 13.2 Å². The first-order chi connectivity index (χ1) is 12.7. The van der Waals surface area contributed by atoms with E-state index < -0.39 is 24.2 Å². The van der Waals surface area contributed by atoms with E-state index in [9.17, 15) is 22.8 Å². The highest BCUT2D eigenvalue weighted by atomic mass is 19.4. The van der Waals surface area contributed by atoms with E-state index in [-0.39, 0.29) is 5.56 Å². The number of nitrogens with zero attached hydrogens (tertiary/aromatic N) is 2. The van der Waals surface area contributed by atoms with Crippen LogP contribution in [0.1, 0.15) is 16.8 Å². The molecule has 0 fully saturated rings. The first-order valence-corrected chi connectivity index (χ1v) is 8.47. The van der Waals surface area contributed by atoms with E-state index >= 15 is 0 Å². The molecule has 7 heteroatoms. The Balaban J connectivity index is 2.04. The topological polar surface area (TPSA) is 42.3 Å². The van der Waals surface area contributed by atoms with Gasteiger partial charge in [-0.25, -0.2) is 0 Å². The van der Waals surface area contributed by atoms with Crippen molar-refractivity contribution in [2.75, 3.05) is 20.6 Å². The van der Waals surface area contributed by atoms with Crippen molar-refractivity contribution in [3.05, 3.63) is 48.0 Å². The van der Waals surface area contributed by atoms with Gasteiger partial charge in [0.25, 0.3) is 0 Å². The Bertz CT molecular complexity index is 1020. The lowest BCUT2D eigenvalue weighted by atomic mass is 10.0. The second-order valence-electron chi connectivity index (χ2n) is 6.72. The van der Waals surface area contributed by atoms with Crippen LogP contribution in [0.2, 0.25) is 0 Å². The van der Waals surface area contributed by atoms with Gasteiger partial charge in [0, 0.05) is 40.5 Å². The van der Waals surface area contributed by atoms with Crippen LogP contribution in [0.4, 0.5) is 13.2 Å². The Hall–Kier alpha value is -2.67. The summed E-state index contributed by atoms with van der Waals surface area (Å²) in [7, 11) is 3.95. The molecule has 27 heavy (non-hydrogen) atoms. The first kappa shape index (κ1) is 19.1. The van der Waals surface area contributed by atoms with Crippen LogP contribution in [0.5, 0.6) is 0 Å². The number of Topliss-reactive ketones (excluding diaryl/α,β-unsaturated/α-hetero) is 2. The number of rotatable bonds is 6. The molecule has 0 N–H and O–H groups in total. The first-order valence-electron chi connectivity index (χ1n) is 8.47. The van der Waals surface area contributed by atoms with Crippen molar-refractivity contribution in [2.45, 2.75) is 19.1 Å². The highest BCUT2D eigenvalue weighted by Crippen LogP contribution is 2.30. The number of carbonyl (C=O) groups excluding carboxylic acids is 2. The van der Waals surface area contributed by atoms with Gasteiger partial charge in [0.2, 0.25) is 5.78 Å². The fraction of sp³-hybridized carbons (Fsp3) is 0.300. The largest absolute Gasteiger partial charge is 0.450 e.